The monoisotopic (exact) mass is 346 g/mol. The molecule has 0 unspecified atom stereocenters. The lowest BCUT2D eigenvalue weighted by atomic mass is 10.1. The molecule has 0 saturated heterocycles. The Labute approximate surface area is 150 Å². The van der Waals surface area contributed by atoms with Crippen LogP contribution in [-0.2, 0) is 11.2 Å². The average Bonchev–Trinajstić information content (AvgIpc) is 2.65. The normalized spacial score (nSPS) is 10.0. The van der Waals surface area contributed by atoms with E-state index in [0.29, 0.717) is 22.8 Å². The number of benzene rings is 2. The summed E-state index contributed by atoms with van der Waals surface area (Å²) in [7, 11) is 0. The number of nitriles is 1. The van der Waals surface area contributed by atoms with Gasteiger partial charge in [0.05, 0.1) is 29.6 Å². The first-order valence-electron chi connectivity index (χ1n) is 7.90. The summed E-state index contributed by atoms with van der Waals surface area (Å²) >= 11 is 0. The molecule has 128 valence electrons. The molecule has 0 aliphatic carbocycles. The van der Waals surface area contributed by atoms with E-state index in [1.165, 1.54) is 12.1 Å². The van der Waals surface area contributed by atoms with Crippen LogP contribution >= 0.6 is 0 Å². The van der Waals surface area contributed by atoms with Gasteiger partial charge in [-0.3, -0.25) is 4.79 Å². The zero-order valence-electron chi connectivity index (χ0n) is 13.7. The van der Waals surface area contributed by atoms with Gasteiger partial charge in [-0.25, -0.2) is 9.37 Å². The maximum atomic E-state index is 12.9. The van der Waals surface area contributed by atoms with Crippen molar-refractivity contribution in [2.45, 2.75) is 6.42 Å². The lowest BCUT2D eigenvalue weighted by molar-refractivity contribution is -0.115. The van der Waals surface area contributed by atoms with Crippen molar-refractivity contribution >= 4 is 23.1 Å². The molecule has 3 rings (SSSR count). The van der Waals surface area contributed by atoms with Gasteiger partial charge in [0.2, 0.25) is 5.91 Å². The van der Waals surface area contributed by atoms with Crippen LogP contribution in [0.15, 0.2) is 66.9 Å². The summed E-state index contributed by atoms with van der Waals surface area (Å²) < 4.78 is 12.9. The molecule has 1 aromatic heterocycles. The van der Waals surface area contributed by atoms with Crippen LogP contribution in [-0.4, -0.2) is 10.9 Å². The number of carbonyl (C=O) groups excluding carboxylic acids is 1. The smallest absolute Gasteiger partial charge is 0.229 e. The molecule has 0 aliphatic heterocycles. The van der Waals surface area contributed by atoms with Crippen molar-refractivity contribution in [2.24, 2.45) is 0 Å². The Morgan fingerprint density at radius 2 is 1.85 bits per heavy atom. The third-order valence-corrected chi connectivity index (χ3v) is 3.64. The molecule has 0 atom stereocenters. The Morgan fingerprint density at radius 3 is 2.54 bits per heavy atom. The van der Waals surface area contributed by atoms with Gasteiger partial charge in [0.1, 0.15) is 17.7 Å². The molecule has 0 fully saturated rings. The molecule has 0 bridgehead atoms. The van der Waals surface area contributed by atoms with Gasteiger partial charge in [-0.05, 0) is 42.0 Å². The van der Waals surface area contributed by atoms with Gasteiger partial charge in [-0.1, -0.05) is 24.3 Å². The molecular weight excluding hydrogens is 331 g/mol. The number of amides is 1. The van der Waals surface area contributed by atoms with E-state index >= 15 is 0 Å². The van der Waals surface area contributed by atoms with Crippen molar-refractivity contribution in [3.63, 3.8) is 0 Å². The third-order valence-electron chi connectivity index (χ3n) is 3.64. The van der Waals surface area contributed by atoms with Crippen LogP contribution in [0.2, 0.25) is 0 Å². The molecule has 5 nitrogen and oxygen atoms in total. The fourth-order valence-corrected chi connectivity index (χ4v) is 2.36. The second kappa shape index (κ2) is 7.90. The number of hydrogen-bond donors (Lipinski definition) is 2. The molecule has 0 spiro atoms. The zero-order valence-corrected chi connectivity index (χ0v) is 13.7. The largest absolute Gasteiger partial charge is 0.353 e. The summed E-state index contributed by atoms with van der Waals surface area (Å²) in [5.74, 6) is -0.159. The predicted octanol–water partition coefficient (Wildman–Crippen LogP) is 4.02. The quantitative estimate of drug-likeness (QED) is 0.731. The SMILES string of the molecule is N#Cc1ccccc1Nc1ccc(NC(=O)Cc2ccc(F)cc2)nc1. The topological polar surface area (TPSA) is 77.8 Å². The first-order chi connectivity index (χ1) is 12.6. The van der Waals surface area contributed by atoms with Crippen molar-refractivity contribution < 1.29 is 9.18 Å². The first kappa shape index (κ1) is 17.1. The van der Waals surface area contributed by atoms with Crippen LogP contribution in [0.4, 0.5) is 21.6 Å². The van der Waals surface area contributed by atoms with E-state index < -0.39 is 0 Å². The maximum absolute atomic E-state index is 12.9. The van der Waals surface area contributed by atoms with Crippen LogP contribution in [0.25, 0.3) is 0 Å². The first-order valence-corrected chi connectivity index (χ1v) is 7.90. The highest BCUT2D eigenvalue weighted by molar-refractivity contribution is 5.91. The number of hydrogen-bond acceptors (Lipinski definition) is 4. The maximum Gasteiger partial charge on any atom is 0.229 e. The molecule has 26 heavy (non-hydrogen) atoms. The number of rotatable bonds is 5. The molecule has 0 radical (unpaired) electrons. The second-order valence-electron chi connectivity index (χ2n) is 5.57. The van der Waals surface area contributed by atoms with E-state index in [4.69, 9.17) is 5.26 Å². The Hall–Kier alpha value is -3.72. The van der Waals surface area contributed by atoms with Crippen molar-refractivity contribution in [1.29, 1.82) is 5.26 Å². The molecule has 6 heteroatoms. The zero-order chi connectivity index (χ0) is 18.4. The highest BCUT2D eigenvalue weighted by Gasteiger charge is 2.06. The van der Waals surface area contributed by atoms with E-state index in [0.717, 1.165) is 5.56 Å². The number of para-hydroxylation sites is 1. The van der Waals surface area contributed by atoms with E-state index in [2.05, 4.69) is 21.7 Å². The van der Waals surface area contributed by atoms with Crippen LogP contribution in [0.5, 0.6) is 0 Å². The van der Waals surface area contributed by atoms with Gasteiger partial charge in [0.15, 0.2) is 0 Å². The van der Waals surface area contributed by atoms with Crippen LogP contribution in [0, 0.1) is 17.1 Å². The van der Waals surface area contributed by atoms with Crippen molar-refractivity contribution in [2.75, 3.05) is 10.6 Å². The molecule has 1 heterocycles. The minimum absolute atomic E-state index is 0.136. The van der Waals surface area contributed by atoms with Crippen molar-refractivity contribution in [3.8, 4) is 6.07 Å². The minimum atomic E-state index is -0.336. The average molecular weight is 346 g/mol. The van der Waals surface area contributed by atoms with E-state index in [9.17, 15) is 9.18 Å². The molecule has 1 amide bonds. The Kier molecular flexibility index (Phi) is 5.20. The molecular formula is C20H15FN4O. The summed E-state index contributed by atoms with van der Waals surface area (Å²) in [5, 5.41) is 14.9. The number of halogens is 1. The van der Waals surface area contributed by atoms with E-state index in [1.807, 2.05) is 6.07 Å². The van der Waals surface area contributed by atoms with Gasteiger partial charge >= 0.3 is 0 Å². The molecule has 2 aromatic carbocycles. The second-order valence-corrected chi connectivity index (χ2v) is 5.57. The van der Waals surface area contributed by atoms with E-state index in [1.54, 1.807) is 48.7 Å². The van der Waals surface area contributed by atoms with Crippen molar-refractivity contribution in [1.82, 2.24) is 4.98 Å². The van der Waals surface area contributed by atoms with Crippen LogP contribution in [0.1, 0.15) is 11.1 Å². The Morgan fingerprint density at radius 1 is 1.08 bits per heavy atom. The summed E-state index contributed by atoms with van der Waals surface area (Å²) in [5.41, 5.74) is 2.63. The van der Waals surface area contributed by atoms with Gasteiger partial charge in [-0.15, -0.1) is 0 Å². The minimum Gasteiger partial charge on any atom is -0.353 e. The summed E-state index contributed by atoms with van der Waals surface area (Å²) in [4.78, 5) is 16.2. The fourth-order valence-electron chi connectivity index (χ4n) is 2.36. The standard InChI is InChI=1S/C20H15FN4O/c21-16-7-5-14(6-8-16)11-20(26)25-19-10-9-17(13-23-19)24-18-4-2-1-3-15(18)12-22/h1-10,13,24H,11H2,(H,23,25,26). The molecule has 2 N–H and O–H groups in total. The number of aromatic nitrogens is 1. The number of anilines is 3. The van der Waals surface area contributed by atoms with Gasteiger partial charge in [-0.2, -0.15) is 5.26 Å². The number of nitrogens with one attached hydrogen (secondary N) is 2. The van der Waals surface area contributed by atoms with Crippen molar-refractivity contribution in [3.05, 3.63) is 83.8 Å². The molecule has 0 aliphatic rings. The fraction of sp³-hybridized carbons (Fsp3) is 0.0500. The number of pyridine rings is 1. The Balaban J connectivity index is 1.61. The van der Waals surface area contributed by atoms with Gasteiger partial charge < -0.3 is 10.6 Å². The summed E-state index contributed by atoms with van der Waals surface area (Å²) in [6, 6.07) is 18.5. The van der Waals surface area contributed by atoms with Crippen LogP contribution in [0.3, 0.4) is 0 Å². The number of nitrogens with zero attached hydrogens (tertiary/aromatic N) is 2. The molecule has 3 aromatic rings. The molecule has 0 saturated carbocycles. The van der Waals surface area contributed by atoms with E-state index in [-0.39, 0.29) is 18.1 Å². The highest BCUT2D eigenvalue weighted by Crippen LogP contribution is 2.20. The lowest BCUT2D eigenvalue weighted by Gasteiger charge is -2.09. The third kappa shape index (κ3) is 4.42. The highest BCUT2D eigenvalue weighted by atomic mass is 19.1. The predicted molar refractivity (Wildman–Crippen MR) is 97.4 cm³/mol. The van der Waals surface area contributed by atoms with Gasteiger partial charge in [0.25, 0.3) is 0 Å². The number of carbonyl (C=O) groups is 1. The van der Waals surface area contributed by atoms with Crippen LogP contribution < -0.4 is 10.6 Å². The lowest BCUT2D eigenvalue weighted by Crippen LogP contribution is -2.15. The Bertz CT molecular complexity index is 947. The van der Waals surface area contributed by atoms with Gasteiger partial charge in [0, 0.05) is 0 Å². The summed E-state index contributed by atoms with van der Waals surface area (Å²) in [6.07, 6.45) is 1.71. The summed E-state index contributed by atoms with van der Waals surface area (Å²) in [6.45, 7) is 0.